The molecule has 3 N–H and O–H groups in total. The fourth-order valence-electron chi connectivity index (χ4n) is 3.23. The van der Waals surface area contributed by atoms with Crippen LogP contribution in [0.1, 0.15) is 34.6 Å². The standard InChI is InChI=1S/C18H21N9O3/c1-29-13-6-4-5-12(9-13)10-20-22-18(28)15-14(11-26-7-2-3-8-26)21-25-27(15)17-16(19)23-30-24-17/h4-6,9-10H,2-3,7-8,11H2,1H3,(H2,19,23)(H,22,28)/b20-10+. The molecule has 0 aliphatic carbocycles. The summed E-state index contributed by atoms with van der Waals surface area (Å²) in [5.74, 6) is 0.281. The number of nitrogens with one attached hydrogen (secondary N) is 1. The van der Waals surface area contributed by atoms with E-state index in [9.17, 15) is 4.79 Å². The van der Waals surface area contributed by atoms with E-state index in [0.717, 1.165) is 31.5 Å². The van der Waals surface area contributed by atoms with Crippen molar-refractivity contribution >= 4 is 17.9 Å². The van der Waals surface area contributed by atoms with Gasteiger partial charge in [0.05, 0.1) is 13.3 Å². The van der Waals surface area contributed by atoms with Crippen LogP contribution in [0, 0.1) is 0 Å². The molecule has 1 aliphatic heterocycles. The second-order valence-corrected chi connectivity index (χ2v) is 6.73. The van der Waals surface area contributed by atoms with E-state index in [-0.39, 0.29) is 17.3 Å². The summed E-state index contributed by atoms with van der Waals surface area (Å²) in [5, 5.41) is 19.5. The van der Waals surface area contributed by atoms with E-state index in [1.165, 1.54) is 10.9 Å². The van der Waals surface area contributed by atoms with E-state index in [1.807, 2.05) is 18.2 Å². The van der Waals surface area contributed by atoms with Crippen molar-refractivity contribution in [2.45, 2.75) is 19.4 Å². The molecule has 0 radical (unpaired) electrons. The van der Waals surface area contributed by atoms with Crippen LogP contribution >= 0.6 is 0 Å². The number of rotatable bonds is 7. The third-order valence-electron chi connectivity index (χ3n) is 4.70. The molecule has 0 bridgehead atoms. The SMILES string of the molecule is COc1cccc(/C=N/NC(=O)c2c(CN3CCCC3)nnn2-c2nonc2N)c1. The molecule has 0 spiro atoms. The summed E-state index contributed by atoms with van der Waals surface area (Å²) in [6.07, 6.45) is 3.74. The van der Waals surface area contributed by atoms with Crippen LogP contribution in [0.15, 0.2) is 34.0 Å². The van der Waals surface area contributed by atoms with E-state index in [0.29, 0.717) is 18.0 Å². The number of nitrogens with two attached hydrogens (primary N) is 1. The number of ether oxygens (including phenoxy) is 1. The van der Waals surface area contributed by atoms with Crippen LogP contribution in [0.5, 0.6) is 5.75 Å². The molecular formula is C18H21N9O3. The van der Waals surface area contributed by atoms with Gasteiger partial charge in [0.2, 0.25) is 11.6 Å². The largest absolute Gasteiger partial charge is 0.497 e. The van der Waals surface area contributed by atoms with E-state index in [4.69, 9.17) is 10.5 Å². The van der Waals surface area contributed by atoms with Crippen LogP contribution in [0.4, 0.5) is 5.82 Å². The third-order valence-corrected chi connectivity index (χ3v) is 4.70. The Labute approximate surface area is 171 Å². The molecule has 0 unspecified atom stereocenters. The lowest BCUT2D eigenvalue weighted by Crippen LogP contribution is -2.26. The predicted octanol–water partition coefficient (Wildman–Crippen LogP) is 0.601. The molecule has 12 heteroatoms. The van der Waals surface area contributed by atoms with Gasteiger partial charge in [-0.25, -0.2) is 10.1 Å². The number of hydrazone groups is 1. The molecule has 3 heterocycles. The van der Waals surface area contributed by atoms with Gasteiger partial charge in [-0.1, -0.05) is 17.3 Å². The number of nitrogen functional groups attached to an aromatic ring is 1. The van der Waals surface area contributed by atoms with Crippen molar-refractivity contribution in [2.75, 3.05) is 25.9 Å². The fourth-order valence-corrected chi connectivity index (χ4v) is 3.23. The van der Waals surface area contributed by atoms with Gasteiger partial charge in [0, 0.05) is 6.54 Å². The van der Waals surface area contributed by atoms with Crippen LogP contribution in [0.25, 0.3) is 5.82 Å². The first-order valence-electron chi connectivity index (χ1n) is 9.38. The molecule has 1 amide bonds. The van der Waals surface area contributed by atoms with Crippen LogP contribution in [0.2, 0.25) is 0 Å². The Morgan fingerprint density at radius 3 is 2.93 bits per heavy atom. The molecule has 1 aliphatic rings. The average molecular weight is 411 g/mol. The molecule has 0 atom stereocenters. The number of aromatic nitrogens is 5. The first kappa shape index (κ1) is 19.5. The number of hydrogen-bond donors (Lipinski definition) is 2. The molecular weight excluding hydrogens is 390 g/mol. The Balaban J connectivity index is 1.58. The second kappa shape index (κ2) is 8.69. The zero-order valence-corrected chi connectivity index (χ0v) is 16.4. The number of likely N-dealkylation sites (tertiary alicyclic amines) is 1. The molecule has 12 nitrogen and oxygen atoms in total. The Bertz CT molecular complexity index is 1050. The monoisotopic (exact) mass is 411 g/mol. The molecule has 1 aromatic carbocycles. The molecule has 156 valence electrons. The minimum atomic E-state index is -0.504. The van der Waals surface area contributed by atoms with Gasteiger partial charge in [0.25, 0.3) is 5.91 Å². The van der Waals surface area contributed by atoms with Gasteiger partial charge in [-0.3, -0.25) is 9.69 Å². The summed E-state index contributed by atoms with van der Waals surface area (Å²) < 4.78 is 11.0. The summed E-state index contributed by atoms with van der Waals surface area (Å²) in [7, 11) is 1.58. The summed E-state index contributed by atoms with van der Waals surface area (Å²) in [6.45, 7) is 2.36. The van der Waals surface area contributed by atoms with Gasteiger partial charge in [0.1, 0.15) is 11.4 Å². The minimum Gasteiger partial charge on any atom is -0.497 e. The predicted molar refractivity (Wildman–Crippen MR) is 106 cm³/mol. The smallest absolute Gasteiger partial charge is 0.292 e. The number of anilines is 1. The minimum absolute atomic E-state index is 0.00144. The molecule has 2 aromatic heterocycles. The first-order chi connectivity index (χ1) is 14.7. The van der Waals surface area contributed by atoms with Crippen molar-refractivity contribution in [3.63, 3.8) is 0 Å². The molecule has 30 heavy (non-hydrogen) atoms. The summed E-state index contributed by atoms with van der Waals surface area (Å²) in [5.41, 5.74) is 9.72. The number of benzene rings is 1. The highest BCUT2D eigenvalue weighted by atomic mass is 16.6. The van der Waals surface area contributed by atoms with Crippen LogP contribution in [-0.4, -0.2) is 62.5 Å². The number of hydrogen-bond acceptors (Lipinski definition) is 10. The summed E-state index contributed by atoms with van der Waals surface area (Å²) in [4.78, 5) is 15.2. The molecule has 4 rings (SSSR count). The zero-order chi connectivity index (χ0) is 20.9. The number of carbonyl (C=O) groups excluding carboxylic acids is 1. The Morgan fingerprint density at radius 1 is 1.37 bits per heavy atom. The highest BCUT2D eigenvalue weighted by molar-refractivity contribution is 5.95. The quantitative estimate of drug-likeness (QED) is 0.421. The highest BCUT2D eigenvalue weighted by Gasteiger charge is 2.26. The molecule has 1 fully saturated rings. The van der Waals surface area contributed by atoms with Crippen molar-refractivity contribution in [1.29, 1.82) is 0 Å². The fraction of sp³-hybridized carbons (Fsp3) is 0.333. The summed E-state index contributed by atoms with van der Waals surface area (Å²) in [6, 6.07) is 7.28. The van der Waals surface area contributed by atoms with E-state index >= 15 is 0 Å². The zero-order valence-electron chi connectivity index (χ0n) is 16.4. The topological polar surface area (TPSA) is 150 Å². The molecule has 0 saturated carbocycles. The number of nitrogens with zero attached hydrogens (tertiary/aromatic N) is 7. The lowest BCUT2D eigenvalue weighted by molar-refractivity contribution is 0.0945. The summed E-state index contributed by atoms with van der Waals surface area (Å²) >= 11 is 0. The number of carbonyl (C=O) groups is 1. The lowest BCUT2D eigenvalue weighted by atomic mass is 10.2. The Kier molecular flexibility index (Phi) is 5.66. The van der Waals surface area contributed by atoms with Crippen molar-refractivity contribution in [3.05, 3.63) is 41.2 Å². The number of methoxy groups -OCH3 is 1. The van der Waals surface area contributed by atoms with Crippen molar-refractivity contribution in [3.8, 4) is 11.6 Å². The van der Waals surface area contributed by atoms with Gasteiger partial charge in [0.15, 0.2) is 5.69 Å². The lowest BCUT2D eigenvalue weighted by Gasteiger charge is -2.13. The third kappa shape index (κ3) is 4.12. The Morgan fingerprint density at radius 2 is 2.20 bits per heavy atom. The molecule has 3 aromatic rings. The van der Waals surface area contributed by atoms with Gasteiger partial charge >= 0.3 is 0 Å². The first-order valence-corrected chi connectivity index (χ1v) is 9.38. The maximum atomic E-state index is 13.0. The highest BCUT2D eigenvalue weighted by Crippen LogP contribution is 2.19. The normalized spacial score (nSPS) is 14.4. The van der Waals surface area contributed by atoms with Gasteiger partial charge in [-0.15, -0.1) is 5.10 Å². The van der Waals surface area contributed by atoms with Crippen molar-refractivity contribution < 1.29 is 14.2 Å². The molecule has 1 saturated heterocycles. The van der Waals surface area contributed by atoms with Gasteiger partial charge in [-0.05, 0) is 53.9 Å². The van der Waals surface area contributed by atoms with Crippen LogP contribution in [-0.2, 0) is 6.54 Å². The maximum Gasteiger partial charge on any atom is 0.292 e. The van der Waals surface area contributed by atoms with Crippen LogP contribution in [0.3, 0.4) is 0 Å². The maximum absolute atomic E-state index is 13.0. The number of amides is 1. The van der Waals surface area contributed by atoms with E-state index < -0.39 is 5.91 Å². The van der Waals surface area contributed by atoms with Crippen molar-refractivity contribution in [1.82, 2.24) is 35.6 Å². The Hall–Kier alpha value is -3.80. The van der Waals surface area contributed by atoms with Crippen LogP contribution < -0.4 is 15.9 Å². The van der Waals surface area contributed by atoms with Gasteiger partial charge < -0.3 is 10.5 Å². The van der Waals surface area contributed by atoms with E-state index in [1.54, 1.807) is 13.2 Å². The average Bonchev–Trinajstić information content (AvgIpc) is 3.50. The van der Waals surface area contributed by atoms with E-state index in [2.05, 4.69) is 40.7 Å². The van der Waals surface area contributed by atoms with Gasteiger partial charge in [-0.2, -0.15) is 9.78 Å². The second-order valence-electron chi connectivity index (χ2n) is 6.73. The van der Waals surface area contributed by atoms with Crippen molar-refractivity contribution in [2.24, 2.45) is 5.10 Å².